The summed E-state index contributed by atoms with van der Waals surface area (Å²) in [6.45, 7) is 2.47. The van der Waals surface area contributed by atoms with Gasteiger partial charge in [-0.05, 0) is 24.1 Å². The number of phenols is 1. The standard InChI is InChI=1S/C23H38O4/c1-3-4-5-6-7-8-9-10-11-12-13-14-15-23(25)27-19-20-16-17-21(24)22(18-20)26-2/h16-18,24H,3-15,19H2,1-2H3. The molecule has 0 spiro atoms. The Labute approximate surface area is 165 Å². The van der Waals surface area contributed by atoms with Gasteiger partial charge in [0.15, 0.2) is 11.5 Å². The summed E-state index contributed by atoms with van der Waals surface area (Å²) in [4.78, 5) is 11.8. The quantitative estimate of drug-likeness (QED) is 0.262. The third-order valence-corrected chi connectivity index (χ3v) is 4.88. The van der Waals surface area contributed by atoms with E-state index in [0.717, 1.165) is 18.4 Å². The number of carbonyl (C=O) groups excluding carboxylic acids is 1. The van der Waals surface area contributed by atoms with Gasteiger partial charge >= 0.3 is 5.97 Å². The summed E-state index contributed by atoms with van der Waals surface area (Å²) in [5.74, 6) is 0.322. The van der Waals surface area contributed by atoms with Crippen LogP contribution in [0.2, 0.25) is 0 Å². The minimum Gasteiger partial charge on any atom is -0.504 e. The van der Waals surface area contributed by atoms with Crippen LogP contribution in [0.15, 0.2) is 18.2 Å². The van der Waals surface area contributed by atoms with Crippen LogP contribution < -0.4 is 4.74 Å². The number of benzene rings is 1. The molecule has 1 aromatic carbocycles. The van der Waals surface area contributed by atoms with Crippen LogP contribution in [-0.2, 0) is 16.1 Å². The summed E-state index contributed by atoms with van der Waals surface area (Å²) < 4.78 is 10.3. The van der Waals surface area contributed by atoms with Gasteiger partial charge in [0.1, 0.15) is 6.61 Å². The number of aromatic hydroxyl groups is 1. The summed E-state index contributed by atoms with van der Waals surface area (Å²) in [6.07, 6.45) is 15.9. The molecule has 1 rings (SSSR count). The van der Waals surface area contributed by atoms with E-state index >= 15 is 0 Å². The van der Waals surface area contributed by atoms with E-state index in [1.54, 1.807) is 18.2 Å². The largest absolute Gasteiger partial charge is 0.504 e. The van der Waals surface area contributed by atoms with Crippen LogP contribution in [0.4, 0.5) is 0 Å². The van der Waals surface area contributed by atoms with Gasteiger partial charge in [-0.2, -0.15) is 0 Å². The summed E-state index contributed by atoms with van der Waals surface area (Å²) in [6, 6.07) is 4.97. The number of methoxy groups -OCH3 is 1. The fraction of sp³-hybridized carbons (Fsp3) is 0.696. The average Bonchev–Trinajstić information content (AvgIpc) is 2.68. The maximum absolute atomic E-state index is 11.8. The minimum absolute atomic E-state index is 0.0871. The van der Waals surface area contributed by atoms with Gasteiger partial charge in [0.25, 0.3) is 0 Å². The number of hydrogen-bond donors (Lipinski definition) is 1. The van der Waals surface area contributed by atoms with Crippen molar-refractivity contribution in [2.75, 3.05) is 7.11 Å². The molecule has 0 aromatic heterocycles. The van der Waals surface area contributed by atoms with E-state index in [-0.39, 0.29) is 18.3 Å². The van der Waals surface area contributed by atoms with Gasteiger partial charge in [-0.3, -0.25) is 4.79 Å². The molecule has 0 radical (unpaired) electrons. The first-order valence-corrected chi connectivity index (χ1v) is 10.7. The third-order valence-electron chi connectivity index (χ3n) is 4.88. The molecule has 1 N–H and O–H groups in total. The Kier molecular flexibility index (Phi) is 13.3. The molecule has 0 heterocycles. The average molecular weight is 379 g/mol. The van der Waals surface area contributed by atoms with Crippen molar-refractivity contribution < 1.29 is 19.4 Å². The molecule has 0 saturated heterocycles. The molecule has 0 amide bonds. The van der Waals surface area contributed by atoms with Gasteiger partial charge in [0.2, 0.25) is 0 Å². The summed E-state index contributed by atoms with van der Waals surface area (Å²) in [5.41, 5.74) is 0.813. The lowest BCUT2D eigenvalue weighted by Gasteiger charge is -2.08. The number of unbranched alkanes of at least 4 members (excludes halogenated alkanes) is 11. The Morgan fingerprint density at radius 2 is 1.44 bits per heavy atom. The van der Waals surface area contributed by atoms with Crippen molar-refractivity contribution in [3.63, 3.8) is 0 Å². The van der Waals surface area contributed by atoms with E-state index in [9.17, 15) is 9.90 Å². The van der Waals surface area contributed by atoms with Gasteiger partial charge in [-0.15, -0.1) is 0 Å². The molecule has 1 aromatic rings. The number of ether oxygens (including phenoxy) is 2. The molecule has 4 heteroatoms. The maximum Gasteiger partial charge on any atom is 0.306 e. The minimum atomic E-state index is -0.158. The molecule has 154 valence electrons. The first-order chi connectivity index (χ1) is 13.2. The van der Waals surface area contributed by atoms with Crippen molar-refractivity contribution in [2.45, 2.75) is 97.0 Å². The second kappa shape index (κ2) is 15.4. The van der Waals surface area contributed by atoms with Crippen LogP contribution >= 0.6 is 0 Å². The molecule has 0 atom stereocenters. The molecule has 0 fully saturated rings. The second-order valence-electron chi connectivity index (χ2n) is 7.31. The van der Waals surface area contributed by atoms with Crippen molar-refractivity contribution >= 4 is 5.97 Å². The zero-order valence-electron chi connectivity index (χ0n) is 17.3. The Morgan fingerprint density at radius 3 is 2.00 bits per heavy atom. The number of hydrogen-bond acceptors (Lipinski definition) is 4. The van der Waals surface area contributed by atoms with Crippen molar-refractivity contribution in [2.24, 2.45) is 0 Å². The summed E-state index contributed by atoms with van der Waals surface area (Å²) in [7, 11) is 1.50. The van der Waals surface area contributed by atoms with E-state index in [4.69, 9.17) is 9.47 Å². The normalized spacial score (nSPS) is 10.7. The predicted octanol–water partition coefficient (Wildman–Crippen LogP) is 6.54. The van der Waals surface area contributed by atoms with Gasteiger partial charge in [0, 0.05) is 6.42 Å². The monoisotopic (exact) mass is 378 g/mol. The van der Waals surface area contributed by atoms with Gasteiger partial charge < -0.3 is 14.6 Å². The van der Waals surface area contributed by atoms with Crippen LogP contribution in [0.3, 0.4) is 0 Å². The molecular formula is C23H38O4. The smallest absolute Gasteiger partial charge is 0.306 e. The topological polar surface area (TPSA) is 55.8 Å². The first-order valence-electron chi connectivity index (χ1n) is 10.7. The molecule has 27 heavy (non-hydrogen) atoms. The Hall–Kier alpha value is -1.71. The van der Waals surface area contributed by atoms with E-state index in [0.29, 0.717) is 12.2 Å². The lowest BCUT2D eigenvalue weighted by molar-refractivity contribution is -0.145. The fourth-order valence-electron chi connectivity index (χ4n) is 3.16. The first kappa shape index (κ1) is 23.3. The van der Waals surface area contributed by atoms with Gasteiger partial charge in [0.05, 0.1) is 7.11 Å². The maximum atomic E-state index is 11.8. The third kappa shape index (κ3) is 11.6. The lowest BCUT2D eigenvalue weighted by Crippen LogP contribution is -2.04. The van der Waals surface area contributed by atoms with Crippen LogP contribution in [0.25, 0.3) is 0 Å². The fourth-order valence-corrected chi connectivity index (χ4v) is 3.16. The predicted molar refractivity (Wildman–Crippen MR) is 110 cm³/mol. The highest BCUT2D eigenvalue weighted by Crippen LogP contribution is 2.26. The molecule has 0 unspecified atom stereocenters. The zero-order valence-corrected chi connectivity index (χ0v) is 17.3. The highest BCUT2D eigenvalue weighted by Gasteiger charge is 2.06. The number of rotatable bonds is 16. The van der Waals surface area contributed by atoms with Crippen LogP contribution in [0.5, 0.6) is 11.5 Å². The number of esters is 1. The van der Waals surface area contributed by atoms with E-state index in [1.165, 1.54) is 71.3 Å². The van der Waals surface area contributed by atoms with Crippen LogP contribution in [0.1, 0.15) is 96.0 Å². The molecule has 0 aliphatic heterocycles. The van der Waals surface area contributed by atoms with E-state index in [1.807, 2.05) is 0 Å². The Bertz CT molecular complexity index is 513. The van der Waals surface area contributed by atoms with Crippen molar-refractivity contribution in [3.05, 3.63) is 23.8 Å². The SMILES string of the molecule is CCCCCCCCCCCCCCC(=O)OCc1ccc(O)c(OC)c1. The zero-order chi connectivity index (χ0) is 19.7. The molecule has 0 bridgehead atoms. The summed E-state index contributed by atoms with van der Waals surface area (Å²) >= 11 is 0. The summed E-state index contributed by atoms with van der Waals surface area (Å²) in [5, 5.41) is 9.56. The van der Waals surface area contributed by atoms with E-state index in [2.05, 4.69) is 6.92 Å². The van der Waals surface area contributed by atoms with Crippen LogP contribution in [0, 0.1) is 0 Å². The van der Waals surface area contributed by atoms with Crippen molar-refractivity contribution in [1.82, 2.24) is 0 Å². The Balaban J connectivity index is 1.96. The molecular weight excluding hydrogens is 340 g/mol. The number of carbonyl (C=O) groups is 1. The molecule has 0 aliphatic carbocycles. The van der Waals surface area contributed by atoms with Gasteiger partial charge in [-0.1, -0.05) is 83.6 Å². The van der Waals surface area contributed by atoms with Crippen molar-refractivity contribution in [3.8, 4) is 11.5 Å². The van der Waals surface area contributed by atoms with Crippen molar-refractivity contribution in [1.29, 1.82) is 0 Å². The van der Waals surface area contributed by atoms with Gasteiger partial charge in [-0.25, -0.2) is 0 Å². The Morgan fingerprint density at radius 1 is 0.889 bits per heavy atom. The second-order valence-corrected chi connectivity index (χ2v) is 7.31. The van der Waals surface area contributed by atoms with Crippen LogP contribution in [-0.4, -0.2) is 18.2 Å². The molecule has 4 nitrogen and oxygen atoms in total. The van der Waals surface area contributed by atoms with E-state index < -0.39 is 0 Å². The number of phenolic OH excluding ortho intramolecular Hbond substituents is 1. The highest BCUT2D eigenvalue weighted by molar-refractivity contribution is 5.69. The molecule has 0 saturated carbocycles. The lowest BCUT2D eigenvalue weighted by atomic mass is 10.0. The highest BCUT2D eigenvalue weighted by atomic mass is 16.5. The molecule has 0 aliphatic rings.